The van der Waals surface area contributed by atoms with Crippen LogP contribution in [0, 0.1) is 11.3 Å². The van der Waals surface area contributed by atoms with Crippen LogP contribution in [0.3, 0.4) is 0 Å². The number of carboxylic acid groups (broad SMARTS) is 2. The third kappa shape index (κ3) is 5.83. The number of carbonyl (C=O) groups excluding carboxylic acids is 1. The molecule has 0 saturated heterocycles. The van der Waals surface area contributed by atoms with E-state index in [0.29, 0.717) is 11.3 Å². The monoisotopic (exact) mass is 396 g/mol. The first-order chi connectivity index (χ1) is 13.8. The van der Waals surface area contributed by atoms with Gasteiger partial charge in [0.25, 0.3) is 5.91 Å². The van der Waals surface area contributed by atoms with E-state index in [1.165, 1.54) is 55.7 Å². The lowest BCUT2D eigenvalue weighted by atomic mass is 10.1. The molecule has 9 heteroatoms. The number of amides is 1. The number of methoxy groups -OCH3 is 1. The average Bonchev–Trinajstić information content (AvgIpc) is 2.70. The molecule has 0 unspecified atom stereocenters. The number of nitriles is 1. The number of nitrogens with zero attached hydrogens (tertiary/aromatic N) is 1. The van der Waals surface area contributed by atoms with Gasteiger partial charge in [-0.1, -0.05) is 6.07 Å². The Balaban J connectivity index is 2.19. The minimum atomic E-state index is -1.14. The Bertz CT molecular complexity index is 1000. The Morgan fingerprint density at radius 3 is 2.34 bits per heavy atom. The predicted octanol–water partition coefficient (Wildman–Crippen LogP) is 2.40. The van der Waals surface area contributed by atoms with Crippen molar-refractivity contribution in [3.63, 3.8) is 0 Å². The summed E-state index contributed by atoms with van der Waals surface area (Å²) in [6.45, 7) is -0.544. The molecule has 0 saturated carbocycles. The van der Waals surface area contributed by atoms with Crippen LogP contribution < -0.4 is 14.8 Å². The maximum atomic E-state index is 12.3. The van der Waals surface area contributed by atoms with Crippen molar-refractivity contribution in [1.29, 1.82) is 5.26 Å². The quantitative estimate of drug-likeness (QED) is 0.455. The minimum Gasteiger partial charge on any atom is -0.493 e. The molecule has 0 bridgehead atoms. The second-order valence-electron chi connectivity index (χ2n) is 5.60. The van der Waals surface area contributed by atoms with Gasteiger partial charge in [-0.2, -0.15) is 5.26 Å². The SMILES string of the molecule is COc1cc(/C=C(\C#N)C(=O)Nc2ccc(C(=O)O)cc2)ccc1OCC(=O)O. The van der Waals surface area contributed by atoms with Crippen molar-refractivity contribution in [2.75, 3.05) is 19.0 Å². The number of aromatic carboxylic acids is 1. The summed E-state index contributed by atoms with van der Waals surface area (Å²) in [5.41, 5.74) is 0.651. The van der Waals surface area contributed by atoms with Crippen LogP contribution in [0.25, 0.3) is 6.08 Å². The summed E-state index contributed by atoms with van der Waals surface area (Å²) in [6.07, 6.45) is 1.32. The number of aliphatic carboxylic acids is 1. The maximum absolute atomic E-state index is 12.3. The van der Waals surface area contributed by atoms with Crippen molar-refractivity contribution in [1.82, 2.24) is 0 Å². The lowest BCUT2D eigenvalue weighted by molar-refractivity contribution is -0.139. The highest BCUT2D eigenvalue weighted by Crippen LogP contribution is 2.29. The fourth-order valence-electron chi connectivity index (χ4n) is 2.24. The normalized spacial score (nSPS) is 10.6. The van der Waals surface area contributed by atoms with E-state index in [1.807, 2.05) is 0 Å². The number of carboxylic acids is 2. The van der Waals surface area contributed by atoms with Gasteiger partial charge in [-0.25, -0.2) is 9.59 Å². The molecule has 3 N–H and O–H groups in total. The lowest BCUT2D eigenvalue weighted by Gasteiger charge is -2.10. The number of nitrogens with one attached hydrogen (secondary N) is 1. The first-order valence-electron chi connectivity index (χ1n) is 8.13. The summed E-state index contributed by atoms with van der Waals surface area (Å²) in [5, 5.41) is 29.4. The van der Waals surface area contributed by atoms with E-state index in [1.54, 1.807) is 6.07 Å². The van der Waals surface area contributed by atoms with E-state index in [9.17, 15) is 19.6 Å². The predicted molar refractivity (Wildman–Crippen MR) is 102 cm³/mol. The molecule has 0 aliphatic heterocycles. The average molecular weight is 396 g/mol. The molecule has 2 rings (SSSR count). The molecule has 0 spiro atoms. The van der Waals surface area contributed by atoms with Crippen LogP contribution >= 0.6 is 0 Å². The number of ether oxygens (including phenoxy) is 2. The zero-order valence-electron chi connectivity index (χ0n) is 15.2. The molecule has 2 aromatic rings. The van der Waals surface area contributed by atoms with Crippen LogP contribution in [-0.2, 0) is 9.59 Å². The molecule has 148 valence electrons. The third-order valence-corrected chi connectivity index (χ3v) is 3.60. The molecule has 0 fully saturated rings. The van der Waals surface area contributed by atoms with Gasteiger partial charge in [0.1, 0.15) is 11.6 Å². The minimum absolute atomic E-state index is 0.0661. The third-order valence-electron chi connectivity index (χ3n) is 3.60. The van der Waals surface area contributed by atoms with Crippen molar-refractivity contribution in [2.45, 2.75) is 0 Å². The number of carbonyl (C=O) groups is 3. The molecule has 0 atom stereocenters. The van der Waals surface area contributed by atoms with Gasteiger partial charge in [0.15, 0.2) is 18.1 Å². The topological polar surface area (TPSA) is 146 Å². The van der Waals surface area contributed by atoms with Gasteiger partial charge in [0, 0.05) is 5.69 Å². The number of hydrogen-bond acceptors (Lipinski definition) is 6. The largest absolute Gasteiger partial charge is 0.493 e. The molecule has 29 heavy (non-hydrogen) atoms. The van der Waals surface area contributed by atoms with E-state index in [4.69, 9.17) is 19.7 Å². The Hall–Kier alpha value is -4.32. The Labute approximate surface area is 165 Å². The summed E-state index contributed by atoms with van der Waals surface area (Å²) in [4.78, 5) is 33.8. The highest BCUT2D eigenvalue weighted by Gasteiger charge is 2.12. The summed E-state index contributed by atoms with van der Waals surface area (Å²) in [5.74, 6) is -2.47. The van der Waals surface area contributed by atoms with Crippen LogP contribution in [-0.4, -0.2) is 41.8 Å². The van der Waals surface area contributed by atoms with Gasteiger partial charge < -0.3 is 25.0 Å². The number of hydrogen-bond donors (Lipinski definition) is 3. The highest BCUT2D eigenvalue weighted by molar-refractivity contribution is 6.09. The van der Waals surface area contributed by atoms with Gasteiger partial charge in [0.2, 0.25) is 0 Å². The van der Waals surface area contributed by atoms with Crippen molar-refractivity contribution < 1.29 is 34.1 Å². The van der Waals surface area contributed by atoms with Crippen LogP contribution in [0.2, 0.25) is 0 Å². The van der Waals surface area contributed by atoms with Crippen LogP contribution in [0.5, 0.6) is 11.5 Å². The molecular weight excluding hydrogens is 380 g/mol. The number of anilines is 1. The Morgan fingerprint density at radius 1 is 1.10 bits per heavy atom. The summed E-state index contributed by atoms with van der Waals surface area (Å²) < 4.78 is 10.2. The molecule has 0 heterocycles. The molecule has 0 aliphatic carbocycles. The van der Waals surface area contributed by atoms with Crippen molar-refractivity contribution >= 4 is 29.6 Å². The first-order valence-corrected chi connectivity index (χ1v) is 8.13. The van der Waals surface area contributed by atoms with Crippen LogP contribution in [0.15, 0.2) is 48.0 Å². The molecule has 0 radical (unpaired) electrons. The van der Waals surface area contributed by atoms with E-state index in [2.05, 4.69) is 5.32 Å². The molecule has 0 aromatic heterocycles. The van der Waals surface area contributed by atoms with Gasteiger partial charge in [-0.05, 0) is 48.0 Å². The fraction of sp³-hybridized carbons (Fsp3) is 0.100. The lowest BCUT2D eigenvalue weighted by Crippen LogP contribution is -2.13. The van der Waals surface area contributed by atoms with Crippen LogP contribution in [0.1, 0.15) is 15.9 Å². The summed E-state index contributed by atoms with van der Waals surface area (Å²) in [6, 6.07) is 11.8. The van der Waals surface area contributed by atoms with E-state index < -0.39 is 24.5 Å². The first kappa shape index (κ1) is 21.0. The summed E-state index contributed by atoms with van der Waals surface area (Å²) in [7, 11) is 1.37. The zero-order valence-corrected chi connectivity index (χ0v) is 15.2. The van der Waals surface area contributed by atoms with E-state index >= 15 is 0 Å². The Morgan fingerprint density at radius 2 is 1.79 bits per heavy atom. The summed E-state index contributed by atoms with van der Waals surface area (Å²) >= 11 is 0. The Kier molecular flexibility index (Phi) is 6.92. The van der Waals surface area contributed by atoms with Crippen molar-refractivity contribution in [2.24, 2.45) is 0 Å². The second-order valence-corrected chi connectivity index (χ2v) is 5.60. The second kappa shape index (κ2) is 9.57. The molecule has 1 amide bonds. The van der Waals surface area contributed by atoms with Crippen molar-refractivity contribution in [3.05, 3.63) is 59.2 Å². The standard InChI is InChI=1S/C20H16N2O7/c1-28-17-9-12(2-7-16(17)29-11-18(23)24)8-14(10-21)19(25)22-15-5-3-13(4-6-15)20(26)27/h2-9H,11H2,1H3,(H,22,25)(H,23,24)(H,26,27)/b14-8+. The number of benzene rings is 2. The fourth-order valence-corrected chi connectivity index (χ4v) is 2.24. The maximum Gasteiger partial charge on any atom is 0.341 e. The zero-order chi connectivity index (χ0) is 21.4. The smallest absolute Gasteiger partial charge is 0.341 e. The van der Waals surface area contributed by atoms with E-state index in [0.717, 1.165) is 0 Å². The van der Waals surface area contributed by atoms with Gasteiger partial charge in [-0.3, -0.25) is 4.79 Å². The molecule has 9 nitrogen and oxygen atoms in total. The van der Waals surface area contributed by atoms with Crippen LogP contribution in [0.4, 0.5) is 5.69 Å². The van der Waals surface area contributed by atoms with Gasteiger partial charge >= 0.3 is 11.9 Å². The van der Waals surface area contributed by atoms with Gasteiger partial charge in [-0.15, -0.1) is 0 Å². The molecule has 2 aromatic carbocycles. The van der Waals surface area contributed by atoms with Crippen molar-refractivity contribution in [3.8, 4) is 17.6 Å². The number of rotatable bonds is 8. The molecular formula is C20H16N2O7. The van der Waals surface area contributed by atoms with Gasteiger partial charge in [0.05, 0.1) is 12.7 Å². The highest BCUT2D eigenvalue weighted by atomic mass is 16.5. The van der Waals surface area contributed by atoms with E-state index in [-0.39, 0.29) is 22.6 Å². The molecule has 0 aliphatic rings.